The van der Waals surface area contributed by atoms with Crippen molar-refractivity contribution in [2.24, 2.45) is 5.92 Å². The third-order valence-electron chi connectivity index (χ3n) is 3.91. The Hall–Kier alpha value is -1.53. The second-order valence-electron chi connectivity index (χ2n) is 5.16. The molecule has 0 atom stereocenters. The van der Waals surface area contributed by atoms with Crippen molar-refractivity contribution in [2.45, 2.75) is 40.2 Å². The Morgan fingerprint density at radius 1 is 1.25 bits per heavy atom. The minimum absolute atomic E-state index is 0.597. The Morgan fingerprint density at radius 3 is 2.45 bits per heavy atom. The summed E-state index contributed by atoms with van der Waals surface area (Å²) in [5.41, 5.74) is 1.80. The lowest BCUT2D eigenvalue weighted by Crippen LogP contribution is -2.28. The van der Waals surface area contributed by atoms with Crippen LogP contribution >= 0.6 is 0 Å². The molecule has 0 spiro atoms. The molecule has 0 unspecified atom stereocenters. The number of hydrogen-bond acceptors (Lipinski definition) is 3. The van der Waals surface area contributed by atoms with Crippen molar-refractivity contribution in [3.8, 4) is 11.8 Å². The van der Waals surface area contributed by atoms with Crippen LogP contribution in [0.1, 0.15) is 44.7 Å². The van der Waals surface area contributed by atoms with Gasteiger partial charge in [-0.2, -0.15) is 5.26 Å². The molecular formula is C17H26N2O. The fraction of sp³-hybridized carbons (Fsp3) is 0.588. The van der Waals surface area contributed by atoms with Gasteiger partial charge in [-0.05, 0) is 30.2 Å². The van der Waals surface area contributed by atoms with Crippen LogP contribution in [0.15, 0.2) is 18.2 Å². The van der Waals surface area contributed by atoms with Crippen LogP contribution in [0.25, 0.3) is 0 Å². The van der Waals surface area contributed by atoms with Gasteiger partial charge >= 0.3 is 0 Å². The molecule has 0 saturated heterocycles. The van der Waals surface area contributed by atoms with Crippen molar-refractivity contribution >= 4 is 0 Å². The molecule has 0 amide bonds. The second kappa shape index (κ2) is 8.60. The van der Waals surface area contributed by atoms with Crippen molar-refractivity contribution in [3.63, 3.8) is 0 Å². The molecule has 0 N–H and O–H groups in total. The summed E-state index contributed by atoms with van der Waals surface area (Å²) in [7, 11) is 1.61. The van der Waals surface area contributed by atoms with Crippen molar-refractivity contribution in [1.82, 2.24) is 4.90 Å². The number of benzene rings is 1. The van der Waals surface area contributed by atoms with Crippen LogP contribution in [0.4, 0.5) is 0 Å². The van der Waals surface area contributed by atoms with Gasteiger partial charge in [-0.3, -0.25) is 4.90 Å². The molecule has 20 heavy (non-hydrogen) atoms. The van der Waals surface area contributed by atoms with Gasteiger partial charge in [0.05, 0.1) is 12.7 Å². The lowest BCUT2D eigenvalue weighted by Gasteiger charge is -2.25. The zero-order valence-electron chi connectivity index (χ0n) is 13.1. The van der Waals surface area contributed by atoms with Crippen molar-refractivity contribution in [2.75, 3.05) is 20.2 Å². The van der Waals surface area contributed by atoms with E-state index in [0.29, 0.717) is 11.3 Å². The molecule has 110 valence electrons. The number of nitriles is 1. The molecule has 0 heterocycles. The largest absolute Gasteiger partial charge is 0.495 e. The standard InChI is InChI=1S/C17H26N2O/c1-5-14(6-2)12-19(7-3)13-15-8-9-16(11-18)17(10-15)20-4/h8-10,14H,5-7,12-13H2,1-4H3. The summed E-state index contributed by atoms with van der Waals surface area (Å²) in [6, 6.07) is 8.00. The lowest BCUT2D eigenvalue weighted by molar-refractivity contribution is 0.226. The van der Waals surface area contributed by atoms with Gasteiger partial charge in [-0.1, -0.05) is 39.7 Å². The van der Waals surface area contributed by atoms with Gasteiger partial charge < -0.3 is 4.74 Å². The Labute approximate surface area is 123 Å². The Morgan fingerprint density at radius 2 is 1.95 bits per heavy atom. The Balaban J connectivity index is 2.77. The number of nitrogens with zero attached hydrogens (tertiary/aromatic N) is 2. The quantitative estimate of drug-likeness (QED) is 0.723. The molecule has 0 aliphatic carbocycles. The third-order valence-corrected chi connectivity index (χ3v) is 3.91. The van der Waals surface area contributed by atoms with Crippen molar-refractivity contribution in [1.29, 1.82) is 5.26 Å². The van der Waals surface area contributed by atoms with Crippen molar-refractivity contribution in [3.05, 3.63) is 29.3 Å². The fourth-order valence-electron chi connectivity index (χ4n) is 2.40. The summed E-state index contributed by atoms with van der Waals surface area (Å²) in [6.07, 6.45) is 2.45. The maximum absolute atomic E-state index is 9.01. The molecule has 1 aromatic carbocycles. The number of rotatable bonds is 8. The van der Waals surface area contributed by atoms with Crippen LogP contribution in [0.2, 0.25) is 0 Å². The second-order valence-corrected chi connectivity index (χ2v) is 5.16. The van der Waals surface area contributed by atoms with E-state index < -0.39 is 0 Å². The topological polar surface area (TPSA) is 36.3 Å². The molecule has 0 saturated carbocycles. The van der Waals surface area contributed by atoms with Crippen LogP contribution in [0.5, 0.6) is 5.75 Å². The summed E-state index contributed by atoms with van der Waals surface area (Å²) >= 11 is 0. The van der Waals surface area contributed by atoms with Gasteiger partial charge in [0, 0.05) is 13.1 Å². The average Bonchev–Trinajstić information content (AvgIpc) is 2.50. The van der Waals surface area contributed by atoms with Gasteiger partial charge in [-0.25, -0.2) is 0 Å². The predicted molar refractivity (Wildman–Crippen MR) is 82.7 cm³/mol. The highest BCUT2D eigenvalue weighted by atomic mass is 16.5. The summed E-state index contributed by atoms with van der Waals surface area (Å²) in [6.45, 7) is 9.79. The summed E-state index contributed by atoms with van der Waals surface area (Å²) < 4.78 is 5.27. The normalized spacial score (nSPS) is 10.8. The van der Waals surface area contributed by atoms with E-state index in [9.17, 15) is 0 Å². The minimum Gasteiger partial charge on any atom is -0.495 e. The Kier molecular flexibility index (Phi) is 7.11. The highest BCUT2D eigenvalue weighted by molar-refractivity contribution is 5.45. The molecule has 1 aromatic rings. The first-order chi connectivity index (χ1) is 9.68. The molecule has 0 radical (unpaired) electrons. The Bertz CT molecular complexity index is 447. The highest BCUT2D eigenvalue weighted by Gasteiger charge is 2.11. The zero-order valence-corrected chi connectivity index (χ0v) is 13.1. The van der Waals surface area contributed by atoms with E-state index in [-0.39, 0.29) is 0 Å². The van der Waals surface area contributed by atoms with Crippen LogP contribution in [0.3, 0.4) is 0 Å². The first kappa shape index (κ1) is 16.5. The molecule has 0 aromatic heterocycles. The summed E-state index contributed by atoms with van der Waals surface area (Å²) in [5, 5.41) is 9.01. The molecule has 1 rings (SSSR count). The van der Waals surface area contributed by atoms with Crippen molar-refractivity contribution < 1.29 is 4.74 Å². The number of ether oxygens (including phenoxy) is 1. The minimum atomic E-state index is 0.597. The first-order valence-corrected chi connectivity index (χ1v) is 7.47. The molecule has 3 nitrogen and oxygen atoms in total. The van der Waals surface area contributed by atoms with E-state index in [0.717, 1.165) is 25.6 Å². The van der Waals surface area contributed by atoms with Gasteiger partial charge in [-0.15, -0.1) is 0 Å². The maximum atomic E-state index is 9.01. The number of hydrogen-bond donors (Lipinski definition) is 0. The van der Waals surface area contributed by atoms with Crippen LogP contribution in [-0.2, 0) is 6.54 Å². The number of methoxy groups -OCH3 is 1. The van der Waals surface area contributed by atoms with E-state index >= 15 is 0 Å². The lowest BCUT2D eigenvalue weighted by atomic mass is 10.0. The zero-order chi connectivity index (χ0) is 15.0. The molecule has 3 heteroatoms. The fourth-order valence-corrected chi connectivity index (χ4v) is 2.40. The molecule has 0 aliphatic heterocycles. The molecule has 0 aliphatic rings. The summed E-state index contributed by atoms with van der Waals surface area (Å²) in [5.74, 6) is 1.43. The van der Waals surface area contributed by atoms with Gasteiger partial charge in [0.25, 0.3) is 0 Å². The van der Waals surface area contributed by atoms with Crippen LogP contribution < -0.4 is 4.74 Å². The van der Waals surface area contributed by atoms with E-state index in [2.05, 4.69) is 31.7 Å². The van der Waals surface area contributed by atoms with E-state index in [1.807, 2.05) is 18.2 Å². The predicted octanol–water partition coefficient (Wildman–Crippen LogP) is 3.82. The smallest absolute Gasteiger partial charge is 0.136 e. The van der Waals surface area contributed by atoms with Gasteiger partial charge in [0.1, 0.15) is 11.8 Å². The first-order valence-electron chi connectivity index (χ1n) is 7.47. The molecular weight excluding hydrogens is 248 g/mol. The van der Waals surface area contributed by atoms with Crippen LogP contribution in [0, 0.1) is 17.2 Å². The van der Waals surface area contributed by atoms with E-state index in [1.54, 1.807) is 7.11 Å². The third kappa shape index (κ3) is 4.54. The molecule has 0 bridgehead atoms. The van der Waals surface area contributed by atoms with E-state index in [4.69, 9.17) is 10.00 Å². The highest BCUT2D eigenvalue weighted by Crippen LogP contribution is 2.21. The average molecular weight is 274 g/mol. The van der Waals surface area contributed by atoms with Gasteiger partial charge in [0.15, 0.2) is 0 Å². The van der Waals surface area contributed by atoms with E-state index in [1.165, 1.54) is 18.4 Å². The SMILES string of the molecule is CCC(CC)CN(CC)Cc1ccc(C#N)c(OC)c1. The van der Waals surface area contributed by atoms with Crippen LogP contribution in [-0.4, -0.2) is 25.1 Å². The molecule has 0 fully saturated rings. The summed E-state index contributed by atoms with van der Waals surface area (Å²) in [4.78, 5) is 2.46. The van der Waals surface area contributed by atoms with Gasteiger partial charge in [0.2, 0.25) is 0 Å². The maximum Gasteiger partial charge on any atom is 0.136 e. The monoisotopic (exact) mass is 274 g/mol.